The van der Waals surface area contributed by atoms with Crippen LogP contribution >= 0.6 is 0 Å². The van der Waals surface area contributed by atoms with Gasteiger partial charge in [0.2, 0.25) is 0 Å². The zero-order chi connectivity index (χ0) is 5.28. The maximum atomic E-state index is 10.1. The van der Waals surface area contributed by atoms with E-state index >= 15 is 0 Å². The first-order valence-corrected chi connectivity index (χ1v) is 2.17. The topological polar surface area (TPSA) is 46.5 Å². The van der Waals surface area contributed by atoms with Crippen molar-refractivity contribution in [2.75, 3.05) is 0 Å². The molecule has 0 bridgehead atoms. The second kappa shape index (κ2) is 1.40. The van der Waals surface area contributed by atoms with Crippen molar-refractivity contribution in [3.63, 3.8) is 0 Å². The van der Waals surface area contributed by atoms with Gasteiger partial charge < -0.3 is 0 Å². The van der Waals surface area contributed by atoms with E-state index in [0.717, 1.165) is 0 Å². The molecule has 0 amide bonds. The molecule has 0 aromatic heterocycles. The average Bonchev–Trinajstić information content (AvgIpc) is 1.58. The van der Waals surface area contributed by atoms with Gasteiger partial charge >= 0.3 is 0 Å². The van der Waals surface area contributed by atoms with Crippen LogP contribution in [0.1, 0.15) is 12.8 Å². The number of nitrogens with zero attached hydrogens (tertiary/aromatic N) is 1. The minimum Gasteiger partial charge on any atom is -0.300 e. The molecule has 1 aliphatic rings. The number of Topliss-reactive ketones (excluding diaryl/α,β-unsaturated/α-hetero) is 1. The number of hydrogen-bond acceptors (Lipinski definition) is 3. The fraction of sp³-hybridized carbons (Fsp3) is 0.750. The molecule has 3 heteroatoms. The molecule has 1 rings (SSSR count). The van der Waals surface area contributed by atoms with E-state index in [9.17, 15) is 9.70 Å². The van der Waals surface area contributed by atoms with Crippen molar-refractivity contribution >= 4 is 5.78 Å². The molecule has 7 heavy (non-hydrogen) atoms. The van der Waals surface area contributed by atoms with E-state index in [4.69, 9.17) is 0 Å². The molecular weight excluding hydrogens is 94.0 g/mol. The maximum Gasteiger partial charge on any atom is 0.137 e. The summed E-state index contributed by atoms with van der Waals surface area (Å²) in [6.07, 6.45) is 0.757. The molecule has 0 aliphatic heterocycles. The zero-order valence-electron chi connectivity index (χ0n) is 3.76. The first-order valence-electron chi connectivity index (χ1n) is 2.17. The van der Waals surface area contributed by atoms with Gasteiger partial charge in [-0.15, -0.1) is 0 Å². The van der Waals surface area contributed by atoms with Crippen LogP contribution in [0.4, 0.5) is 0 Å². The van der Waals surface area contributed by atoms with Crippen LogP contribution in [0, 0.1) is 4.91 Å². The molecular formula is C4H5NO2. The SMILES string of the molecule is O=NC1CC(=O)C1. The zero-order valence-corrected chi connectivity index (χ0v) is 3.76. The Labute approximate surface area is 40.7 Å². The predicted octanol–water partition coefficient (Wildman–Crippen LogP) is 0.484. The molecule has 0 aromatic carbocycles. The highest BCUT2D eigenvalue weighted by atomic mass is 16.3. The monoisotopic (exact) mass is 99.0 g/mol. The summed E-state index contributed by atoms with van der Waals surface area (Å²) in [5.41, 5.74) is 0. The molecule has 0 radical (unpaired) electrons. The van der Waals surface area contributed by atoms with Gasteiger partial charge in [-0.25, -0.2) is 0 Å². The quantitative estimate of drug-likeness (QED) is 0.449. The summed E-state index contributed by atoms with van der Waals surface area (Å²) < 4.78 is 0. The Balaban J connectivity index is 2.29. The Kier molecular flexibility index (Phi) is 0.889. The van der Waals surface area contributed by atoms with E-state index in [1.54, 1.807) is 0 Å². The summed E-state index contributed by atoms with van der Waals surface area (Å²) in [4.78, 5) is 19.6. The van der Waals surface area contributed by atoms with Crippen LogP contribution in [0.3, 0.4) is 0 Å². The standard InChI is InChI=1S/C4H5NO2/c6-4-1-3(2-4)5-7/h3H,1-2H2. The third-order valence-electron chi connectivity index (χ3n) is 1.08. The summed E-state index contributed by atoms with van der Waals surface area (Å²) in [6, 6.07) is -0.188. The number of carbonyl (C=O) groups is 1. The molecule has 0 N–H and O–H groups in total. The van der Waals surface area contributed by atoms with Crippen molar-refractivity contribution in [3.05, 3.63) is 4.91 Å². The molecule has 1 saturated carbocycles. The molecule has 0 spiro atoms. The van der Waals surface area contributed by atoms with Gasteiger partial charge in [0.15, 0.2) is 0 Å². The Morgan fingerprint density at radius 3 is 2.29 bits per heavy atom. The summed E-state index contributed by atoms with van der Waals surface area (Å²) in [7, 11) is 0. The Bertz CT molecular complexity index is 102. The smallest absolute Gasteiger partial charge is 0.137 e. The summed E-state index contributed by atoms with van der Waals surface area (Å²) in [5.74, 6) is 0.157. The van der Waals surface area contributed by atoms with Crippen molar-refractivity contribution < 1.29 is 4.79 Å². The lowest BCUT2D eigenvalue weighted by molar-refractivity contribution is -0.124. The van der Waals surface area contributed by atoms with Gasteiger partial charge in [-0.3, -0.25) is 4.79 Å². The fourth-order valence-electron chi connectivity index (χ4n) is 0.540. The molecule has 0 saturated heterocycles. The molecule has 0 aromatic rings. The molecule has 38 valence electrons. The van der Waals surface area contributed by atoms with Gasteiger partial charge in [-0.05, 0) is 0 Å². The predicted molar refractivity (Wildman–Crippen MR) is 23.8 cm³/mol. The highest BCUT2D eigenvalue weighted by molar-refractivity contribution is 5.85. The second-order valence-corrected chi connectivity index (χ2v) is 1.71. The summed E-state index contributed by atoms with van der Waals surface area (Å²) in [6.45, 7) is 0. The van der Waals surface area contributed by atoms with Crippen molar-refractivity contribution in [1.29, 1.82) is 0 Å². The molecule has 1 fully saturated rings. The van der Waals surface area contributed by atoms with Crippen LogP contribution in [0.5, 0.6) is 0 Å². The fourth-order valence-corrected chi connectivity index (χ4v) is 0.540. The Hall–Kier alpha value is -0.730. The van der Waals surface area contributed by atoms with Crippen LogP contribution in [0.2, 0.25) is 0 Å². The maximum absolute atomic E-state index is 10.1. The minimum atomic E-state index is -0.188. The highest BCUT2D eigenvalue weighted by Crippen LogP contribution is 2.16. The molecule has 0 heterocycles. The highest BCUT2D eigenvalue weighted by Gasteiger charge is 2.26. The third-order valence-corrected chi connectivity index (χ3v) is 1.08. The van der Waals surface area contributed by atoms with Crippen LogP contribution in [0.15, 0.2) is 5.18 Å². The van der Waals surface area contributed by atoms with Crippen LogP contribution in [-0.2, 0) is 4.79 Å². The van der Waals surface area contributed by atoms with Crippen LogP contribution in [-0.4, -0.2) is 11.8 Å². The summed E-state index contributed by atoms with van der Waals surface area (Å²) >= 11 is 0. The summed E-state index contributed by atoms with van der Waals surface area (Å²) in [5, 5.41) is 2.67. The van der Waals surface area contributed by atoms with Gasteiger partial charge in [0.25, 0.3) is 0 Å². The number of rotatable bonds is 1. The lowest BCUT2D eigenvalue weighted by atomic mass is 9.93. The van der Waals surface area contributed by atoms with Crippen LogP contribution < -0.4 is 0 Å². The lowest BCUT2D eigenvalue weighted by Crippen LogP contribution is -2.25. The van der Waals surface area contributed by atoms with Crippen molar-refractivity contribution in [2.45, 2.75) is 18.9 Å². The van der Waals surface area contributed by atoms with Gasteiger partial charge in [-0.1, -0.05) is 5.18 Å². The van der Waals surface area contributed by atoms with Crippen LogP contribution in [0.25, 0.3) is 0 Å². The Morgan fingerprint density at radius 2 is 2.14 bits per heavy atom. The van der Waals surface area contributed by atoms with Crippen molar-refractivity contribution in [2.24, 2.45) is 5.18 Å². The first kappa shape index (κ1) is 4.43. The van der Waals surface area contributed by atoms with Crippen molar-refractivity contribution in [1.82, 2.24) is 0 Å². The second-order valence-electron chi connectivity index (χ2n) is 1.71. The van der Waals surface area contributed by atoms with Gasteiger partial charge in [0.05, 0.1) is 0 Å². The van der Waals surface area contributed by atoms with E-state index < -0.39 is 0 Å². The third kappa shape index (κ3) is 0.656. The van der Waals surface area contributed by atoms with Gasteiger partial charge in [0, 0.05) is 12.8 Å². The first-order chi connectivity index (χ1) is 3.33. The van der Waals surface area contributed by atoms with E-state index in [1.807, 2.05) is 0 Å². The van der Waals surface area contributed by atoms with E-state index in [0.29, 0.717) is 12.8 Å². The molecule has 0 atom stereocenters. The molecule has 1 aliphatic carbocycles. The number of ketones is 1. The number of nitroso groups, excluding NO2 is 1. The normalized spacial score (nSPS) is 21.4. The average molecular weight is 99.1 g/mol. The number of carbonyl (C=O) groups excluding carboxylic acids is 1. The molecule has 0 unspecified atom stereocenters. The van der Waals surface area contributed by atoms with E-state index in [-0.39, 0.29) is 11.8 Å². The van der Waals surface area contributed by atoms with Gasteiger partial charge in [0.1, 0.15) is 11.8 Å². The van der Waals surface area contributed by atoms with Crippen molar-refractivity contribution in [3.8, 4) is 0 Å². The molecule has 3 nitrogen and oxygen atoms in total. The van der Waals surface area contributed by atoms with E-state index in [2.05, 4.69) is 5.18 Å². The van der Waals surface area contributed by atoms with Gasteiger partial charge in [-0.2, -0.15) is 4.91 Å². The minimum absolute atomic E-state index is 0.157. The number of hydrogen-bond donors (Lipinski definition) is 0. The Morgan fingerprint density at radius 1 is 1.57 bits per heavy atom. The largest absolute Gasteiger partial charge is 0.300 e. The lowest BCUT2D eigenvalue weighted by Gasteiger charge is -2.14. The van der Waals surface area contributed by atoms with E-state index in [1.165, 1.54) is 0 Å².